The maximum absolute atomic E-state index is 11.9. The normalized spacial score (nSPS) is 11.1. The molecule has 6 heteroatoms. The van der Waals surface area contributed by atoms with Gasteiger partial charge in [0.05, 0.1) is 24.0 Å². The highest BCUT2D eigenvalue weighted by atomic mass is 16.3. The first-order valence-electron chi connectivity index (χ1n) is 8.36. The molecule has 2 N–H and O–H groups in total. The van der Waals surface area contributed by atoms with Crippen LogP contribution in [-0.2, 0) is 11.2 Å². The Kier molecular flexibility index (Phi) is 6.04. The van der Waals surface area contributed by atoms with E-state index in [9.17, 15) is 9.90 Å². The Morgan fingerprint density at radius 3 is 2.30 bits per heavy atom. The Hall–Kier alpha value is -3.80. The van der Waals surface area contributed by atoms with E-state index < -0.39 is 0 Å². The van der Waals surface area contributed by atoms with Gasteiger partial charge in [-0.15, -0.1) is 0 Å². The van der Waals surface area contributed by atoms with Crippen LogP contribution in [0.4, 0.5) is 11.4 Å². The Morgan fingerprint density at radius 2 is 1.56 bits per heavy atom. The van der Waals surface area contributed by atoms with E-state index in [0.717, 1.165) is 11.3 Å². The number of carbonyl (C=O) groups is 1. The van der Waals surface area contributed by atoms with Crippen molar-refractivity contribution in [3.63, 3.8) is 0 Å². The lowest BCUT2D eigenvalue weighted by Gasteiger charge is -2.02. The van der Waals surface area contributed by atoms with Crippen LogP contribution in [0.15, 0.2) is 94.2 Å². The first-order valence-corrected chi connectivity index (χ1v) is 8.36. The topological polar surface area (TPSA) is 86.4 Å². The highest BCUT2D eigenvalue weighted by Gasteiger charge is 2.03. The van der Waals surface area contributed by atoms with Crippen molar-refractivity contribution in [2.24, 2.45) is 15.3 Å². The van der Waals surface area contributed by atoms with Crippen molar-refractivity contribution in [1.29, 1.82) is 0 Å². The molecule has 0 unspecified atom stereocenters. The standard InChI is InChI=1S/C21H18N4O2/c26-20-12-11-19(24-23-18-9-5-2-6-10-18)14-17(20)15-22-25-21(27)13-16-7-3-1-4-8-16/h1-12,14-15,26H,13H2,(H,25,27). The average Bonchev–Trinajstić information content (AvgIpc) is 2.70. The first-order chi connectivity index (χ1) is 13.2. The first kappa shape index (κ1) is 18.0. The number of nitrogens with zero attached hydrogens (tertiary/aromatic N) is 3. The van der Waals surface area contributed by atoms with Crippen molar-refractivity contribution < 1.29 is 9.90 Å². The largest absolute Gasteiger partial charge is 0.507 e. The summed E-state index contributed by atoms with van der Waals surface area (Å²) in [6.45, 7) is 0. The van der Waals surface area contributed by atoms with E-state index in [0.29, 0.717) is 11.3 Å². The molecule has 0 aliphatic rings. The van der Waals surface area contributed by atoms with Crippen LogP contribution in [0, 0.1) is 0 Å². The Labute approximate surface area is 156 Å². The second-order valence-corrected chi connectivity index (χ2v) is 5.73. The number of amides is 1. The highest BCUT2D eigenvalue weighted by Crippen LogP contribution is 2.23. The third-order valence-electron chi connectivity index (χ3n) is 3.65. The lowest BCUT2D eigenvalue weighted by Crippen LogP contribution is -2.19. The van der Waals surface area contributed by atoms with Crippen LogP contribution in [0.25, 0.3) is 0 Å². The molecule has 0 saturated carbocycles. The molecule has 1 amide bonds. The molecule has 3 rings (SSSR count). The number of rotatable bonds is 6. The van der Waals surface area contributed by atoms with Gasteiger partial charge in [0.1, 0.15) is 5.75 Å². The third-order valence-corrected chi connectivity index (χ3v) is 3.65. The molecule has 0 aromatic heterocycles. The van der Waals surface area contributed by atoms with Crippen LogP contribution >= 0.6 is 0 Å². The molecule has 0 spiro atoms. The van der Waals surface area contributed by atoms with E-state index in [4.69, 9.17) is 0 Å². The number of carbonyl (C=O) groups excluding carboxylic acids is 1. The number of phenolic OH excluding ortho intramolecular Hbond substituents is 1. The average molecular weight is 358 g/mol. The van der Waals surface area contributed by atoms with Gasteiger partial charge in [-0.3, -0.25) is 4.79 Å². The molecule has 0 fully saturated rings. The number of phenols is 1. The molecule has 3 aromatic carbocycles. The molecule has 0 aliphatic carbocycles. The van der Waals surface area contributed by atoms with Gasteiger partial charge in [-0.1, -0.05) is 48.5 Å². The van der Waals surface area contributed by atoms with E-state index in [1.807, 2.05) is 60.7 Å². The monoisotopic (exact) mass is 358 g/mol. The van der Waals surface area contributed by atoms with Gasteiger partial charge in [0.2, 0.25) is 5.91 Å². The molecular weight excluding hydrogens is 340 g/mol. The van der Waals surface area contributed by atoms with Gasteiger partial charge in [0.15, 0.2) is 0 Å². The summed E-state index contributed by atoms with van der Waals surface area (Å²) in [4.78, 5) is 11.9. The molecular formula is C21H18N4O2. The minimum atomic E-state index is -0.239. The van der Waals surface area contributed by atoms with E-state index in [1.165, 1.54) is 12.3 Å². The molecule has 0 heterocycles. The smallest absolute Gasteiger partial charge is 0.244 e. The van der Waals surface area contributed by atoms with Crippen LogP contribution in [0.1, 0.15) is 11.1 Å². The fourth-order valence-electron chi connectivity index (χ4n) is 2.31. The lowest BCUT2D eigenvalue weighted by molar-refractivity contribution is -0.120. The lowest BCUT2D eigenvalue weighted by atomic mass is 10.1. The third kappa shape index (κ3) is 5.61. The molecule has 0 radical (unpaired) electrons. The zero-order valence-electron chi connectivity index (χ0n) is 14.5. The summed E-state index contributed by atoms with van der Waals surface area (Å²) in [5, 5.41) is 22.1. The van der Waals surface area contributed by atoms with Crippen molar-refractivity contribution in [3.8, 4) is 5.75 Å². The van der Waals surface area contributed by atoms with Crippen molar-refractivity contribution in [2.75, 3.05) is 0 Å². The summed E-state index contributed by atoms with van der Waals surface area (Å²) in [7, 11) is 0. The number of hydrogen-bond donors (Lipinski definition) is 2. The van der Waals surface area contributed by atoms with Gasteiger partial charge in [0.25, 0.3) is 0 Å². The van der Waals surface area contributed by atoms with E-state index in [-0.39, 0.29) is 18.1 Å². The van der Waals surface area contributed by atoms with Gasteiger partial charge in [-0.25, -0.2) is 5.43 Å². The van der Waals surface area contributed by atoms with E-state index in [1.54, 1.807) is 12.1 Å². The van der Waals surface area contributed by atoms with E-state index >= 15 is 0 Å². The van der Waals surface area contributed by atoms with Gasteiger partial charge < -0.3 is 5.11 Å². The van der Waals surface area contributed by atoms with Crippen LogP contribution < -0.4 is 5.43 Å². The molecule has 0 aliphatic heterocycles. The Bertz CT molecular complexity index is 954. The van der Waals surface area contributed by atoms with Crippen molar-refractivity contribution in [1.82, 2.24) is 5.43 Å². The SMILES string of the molecule is O=C(Cc1ccccc1)NN=Cc1cc(N=Nc2ccccc2)ccc1O. The second-order valence-electron chi connectivity index (χ2n) is 5.73. The van der Waals surface area contributed by atoms with Gasteiger partial charge in [-0.05, 0) is 35.9 Å². The molecule has 0 bridgehead atoms. The van der Waals surface area contributed by atoms with Crippen LogP contribution in [-0.4, -0.2) is 17.2 Å². The van der Waals surface area contributed by atoms with E-state index in [2.05, 4.69) is 20.8 Å². The molecule has 0 saturated heterocycles. The summed E-state index contributed by atoms with van der Waals surface area (Å²) in [5.74, 6) is -0.202. The molecule has 134 valence electrons. The van der Waals surface area contributed by atoms with Gasteiger partial charge in [-0.2, -0.15) is 15.3 Å². The zero-order chi connectivity index (χ0) is 18.9. The summed E-state index contributed by atoms with van der Waals surface area (Å²) in [5.41, 5.74) is 5.07. The van der Waals surface area contributed by atoms with Gasteiger partial charge in [0, 0.05) is 5.56 Å². The summed E-state index contributed by atoms with van der Waals surface area (Å²) < 4.78 is 0. The molecule has 6 nitrogen and oxygen atoms in total. The molecule has 27 heavy (non-hydrogen) atoms. The summed E-state index contributed by atoms with van der Waals surface area (Å²) >= 11 is 0. The Morgan fingerprint density at radius 1 is 0.889 bits per heavy atom. The predicted molar refractivity (Wildman–Crippen MR) is 105 cm³/mol. The molecule has 3 aromatic rings. The quantitative estimate of drug-likeness (QED) is 0.386. The summed E-state index contributed by atoms with van der Waals surface area (Å²) in [6, 6.07) is 23.5. The fourth-order valence-corrected chi connectivity index (χ4v) is 2.31. The minimum absolute atomic E-state index is 0.0368. The number of azo groups is 1. The maximum atomic E-state index is 11.9. The molecule has 0 atom stereocenters. The summed E-state index contributed by atoms with van der Waals surface area (Å²) in [6.07, 6.45) is 1.61. The van der Waals surface area contributed by atoms with Crippen LogP contribution in [0.2, 0.25) is 0 Å². The highest BCUT2D eigenvalue weighted by molar-refractivity contribution is 5.86. The van der Waals surface area contributed by atoms with Crippen molar-refractivity contribution >= 4 is 23.5 Å². The second kappa shape index (κ2) is 9.05. The van der Waals surface area contributed by atoms with Crippen molar-refractivity contribution in [2.45, 2.75) is 6.42 Å². The number of aromatic hydroxyl groups is 1. The fraction of sp³-hybridized carbons (Fsp3) is 0.0476. The zero-order valence-corrected chi connectivity index (χ0v) is 14.5. The number of nitrogens with one attached hydrogen (secondary N) is 1. The number of hydrazone groups is 1. The van der Waals surface area contributed by atoms with Crippen LogP contribution in [0.5, 0.6) is 5.75 Å². The maximum Gasteiger partial charge on any atom is 0.244 e. The van der Waals surface area contributed by atoms with Crippen LogP contribution in [0.3, 0.4) is 0 Å². The predicted octanol–water partition coefficient (Wildman–Crippen LogP) is 4.50. The number of benzene rings is 3. The minimum Gasteiger partial charge on any atom is -0.507 e. The Balaban J connectivity index is 1.63. The van der Waals surface area contributed by atoms with Crippen molar-refractivity contribution in [3.05, 3.63) is 90.0 Å². The number of hydrogen-bond acceptors (Lipinski definition) is 5. The van der Waals surface area contributed by atoms with Gasteiger partial charge >= 0.3 is 0 Å².